The van der Waals surface area contributed by atoms with Gasteiger partial charge in [-0.2, -0.15) is 0 Å². The first-order chi connectivity index (χ1) is 10.4. The minimum Gasteiger partial charge on any atom is -0.370 e. The first-order valence-electron chi connectivity index (χ1n) is 7.64. The molecule has 1 atom stereocenters. The van der Waals surface area contributed by atoms with Crippen molar-refractivity contribution in [1.82, 2.24) is 9.97 Å². The summed E-state index contributed by atoms with van der Waals surface area (Å²) < 4.78 is 5.92. The highest BCUT2D eigenvalue weighted by molar-refractivity contribution is 5.39. The molecule has 0 N–H and O–H groups in total. The molecular formula is C17H19N3O. The summed E-state index contributed by atoms with van der Waals surface area (Å²) in [6.07, 6.45) is 4.49. The molecule has 1 aromatic carbocycles. The van der Waals surface area contributed by atoms with E-state index in [1.54, 1.807) is 0 Å². The lowest BCUT2D eigenvalue weighted by Crippen LogP contribution is -2.39. The van der Waals surface area contributed by atoms with Gasteiger partial charge in [0.05, 0.1) is 6.61 Å². The summed E-state index contributed by atoms with van der Waals surface area (Å²) in [4.78, 5) is 11.5. The lowest BCUT2D eigenvalue weighted by Gasteiger charge is -2.34. The van der Waals surface area contributed by atoms with Gasteiger partial charge < -0.3 is 9.64 Å². The Morgan fingerprint density at radius 1 is 1.10 bits per heavy atom. The van der Waals surface area contributed by atoms with E-state index in [1.807, 2.05) is 18.3 Å². The van der Waals surface area contributed by atoms with Crippen LogP contribution in [0, 0.1) is 0 Å². The van der Waals surface area contributed by atoms with Crippen LogP contribution >= 0.6 is 0 Å². The number of morpholine rings is 1. The van der Waals surface area contributed by atoms with Gasteiger partial charge in [-0.25, -0.2) is 9.97 Å². The second-order valence-electron chi connectivity index (χ2n) is 5.76. The molecule has 4 heteroatoms. The van der Waals surface area contributed by atoms with Crippen molar-refractivity contribution in [3.63, 3.8) is 0 Å². The van der Waals surface area contributed by atoms with Gasteiger partial charge in [-0.1, -0.05) is 30.3 Å². The van der Waals surface area contributed by atoms with E-state index in [4.69, 9.17) is 9.72 Å². The molecule has 1 aliphatic carbocycles. The molecular weight excluding hydrogens is 262 g/mol. The fourth-order valence-corrected chi connectivity index (χ4v) is 2.80. The quantitative estimate of drug-likeness (QED) is 0.867. The zero-order chi connectivity index (χ0) is 14.1. The van der Waals surface area contributed by atoms with Crippen LogP contribution in [-0.4, -0.2) is 29.7 Å². The molecule has 1 aromatic heterocycles. The third kappa shape index (κ3) is 2.76. The van der Waals surface area contributed by atoms with Gasteiger partial charge in [-0.15, -0.1) is 0 Å². The van der Waals surface area contributed by atoms with Crippen molar-refractivity contribution in [3.05, 3.63) is 54.0 Å². The molecule has 2 fully saturated rings. The Morgan fingerprint density at radius 3 is 2.76 bits per heavy atom. The van der Waals surface area contributed by atoms with Gasteiger partial charge in [0.2, 0.25) is 0 Å². The van der Waals surface area contributed by atoms with Gasteiger partial charge in [-0.3, -0.25) is 0 Å². The fourth-order valence-electron chi connectivity index (χ4n) is 2.80. The van der Waals surface area contributed by atoms with E-state index in [-0.39, 0.29) is 6.10 Å². The number of aromatic nitrogens is 2. The highest BCUT2D eigenvalue weighted by atomic mass is 16.5. The summed E-state index contributed by atoms with van der Waals surface area (Å²) in [5.41, 5.74) is 1.23. The van der Waals surface area contributed by atoms with E-state index in [1.165, 1.54) is 18.4 Å². The number of nitrogens with zero attached hydrogens (tertiary/aromatic N) is 3. The average molecular weight is 281 g/mol. The molecule has 0 amide bonds. The highest BCUT2D eigenvalue weighted by Crippen LogP contribution is 2.38. The van der Waals surface area contributed by atoms with Crippen LogP contribution in [0.4, 0.5) is 5.82 Å². The molecule has 108 valence electrons. The fraction of sp³-hybridized carbons (Fsp3) is 0.412. The maximum Gasteiger partial charge on any atom is 0.133 e. The molecule has 2 aromatic rings. The third-order valence-electron chi connectivity index (χ3n) is 4.16. The summed E-state index contributed by atoms with van der Waals surface area (Å²) in [5.74, 6) is 2.64. The molecule has 0 radical (unpaired) electrons. The molecule has 0 bridgehead atoms. The Morgan fingerprint density at radius 2 is 1.95 bits per heavy atom. The van der Waals surface area contributed by atoms with Crippen molar-refractivity contribution in [2.24, 2.45) is 0 Å². The molecule has 1 saturated carbocycles. The van der Waals surface area contributed by atoms with Crippen LogP contribution in [0.25, 0.3) is 0 Å². The largest absolute Gasteiger partial charge is 0.370 e. The van der Waals surface area contributed by atoms with Crippen molar-refractivity contribution < 1.29 is 4.74 Å². The predicted molar refractivity (Wildman–Crippen MR) is 81.4 cm³/mol. The van der Waals surface area contributed by atoms with Crippen molar-refractivity contribution in [2.75, 3.05) is 24.6 Å². The first kappa shape index (κ1) is 12.8. The zero-order valence-electron chi connectivity index (χ0n) is 12.0. The van der Waals surface area contributed by atoms with Crippen molar-refractivity contribution in [2.45, 2.75) is 24.9 Å². The normalized spacial score (nSPS) is 22.3. The monoisotopic (exact) mass is 281 g/mol. The van der Waals surface area contributed by atoms with E-state index in [0.717, 1.165) is 31.3 Å². The van der Waals surface area contributed by atoms with Crippen LogP contribution in [0.15, 0.2) is 42.6 Å². The Kier molecular flexibility index (Phi) is 3.31. The maximum absolute atomic E-state index is 5.92. The van der Waals surface area contributed by atoms with Gasteiger partial charge >= 0.3 is 0 Å². The van der Waals surface area contributed by atoms with Crippen LogP contribution in [0.1, 0.15) is 36.3 Å². The van der Waals surface area contributed by atoms with E-state index in [0.29, 0.717) is 5.92 Å². The standard InChI is InChI=1S/C17H19N3O/c1-2-4-13(5-3-1)15-12-20(10-11-21-15)16-8-9-18-17(19-16)14-6-7-14/h1-5,8-9,14-15H,6-7,10-12H2/t15-/m0/s1. The lowest BCUT2D eigenvalue weighted by atomic mass is 10.1. The number of hydrogen-bond donors (Lipinski definition) is 0. The zero-order valence-corrected chi connectivity index (χ0v) is 12.0. The second kappa shape index (κ2) is 5.45. The molecule has 2 aliphatic rings. The molecule has 4 rings (SSSR count). The van der Waals surface area contributed by atoms with Crippen molar-refractivity contribution in [1.29, 1.82) is 0 Å². The molecule has 2 heterocycles. The van der Waals surface area contributed by atoms with Gasteiger partial charge in [-0.05, 0) is 24.5 Å². The van der Waals surface area contributed by atoms with Gasteiger partial charge in [0.1, 0.15) is 17.7 Å². The summed E-state index contributed by atoms with van der Waals surface area (Å²) >= 11 is 0. The van der Waals surface area contributed by atoms with E-state index in [9.17, 15) is 0 Å². The van der Waals surface area contributed by atoms with Crippen molar-refractivity contribution >= 4 is 5.82 Å². The molecule has 0 spiro atoms. The van der Waals surface area contributed by atoms with Crippen LogP contribution in [0.3, 0.4) is 0 Å². The van der Waals surface area contributed by atoms with Gasteiger partial charge in [0.15, 0.2) is 0 Å². The second-order valence-corrected chi connectivity index (χ2v) is 5.76. The molecule has 0 unspecified atom stereocenters. The molecule has 4 nitrogen and oxygen atoms in total. The van der Waals surface area contributed by atoms with E-state index >= 15 is 0 Å². The highest BCUT2D eigenvalue weighted by Gasteiger charge is 2.28. The number of benzene rings is 1. The molecule has 1 saturated heterocycles. The minimum atomic E-state index is 0.124. The van der Waals surface area contributed by atoms with Crippen LogP contribution < -0.4 is 4.90 Å². The van der Waals surface area contributed by atoms with E-state index < -0.39 is 0 Å². The van der Waals surface area contributed by atoms with Gasteiger partial charge in [0.25, 0.3) is 0 Å². The van der Waals surface area contributed by atoms with Gasteiger partial charge in [0, 0.05) is 25.2 Å². The molecule has 1 aliphatic heterocycles. The smallest absolute Gasteiger partial charge is 0.133 e. The number of ether oxygens (including phenoxy) is 1. The topological polar surface area (TPSA) is 38.2 Å². The Labute approximate surface area is 124 Å². The number of anilines is 1. The Balaban J connectivity index is 1.54. The van der Waals surface area contributed by atoms with E-state index in [2.05, 4.69) is 34.1 Å². The minimum absolute atomic E-state index is 0.124. The number of rotatable bonds is 3. The summed E-state index contributed by atoms with van der Waals surface area (Å²) in [6.45, 7) is 2.48. The number of hydrogen-bond acceptors (Lipinski definition) is 4. The third-order valence-corrected chi connectivity index (χ3v) is 4.16. The SMILES string of the molecule is c1ccc([C@@H]2CN(c3ccnc(C4CC4)n3)CCO2)cc1. The maximum atomic E-state index is 5.92. The summed E-state index contributed by atoms with van der Waals surface area (Å²) in [6, 6.07) is 12.4. The summed E-state index contributed by atoms with van der Waals surface area (Å²) in [7, 11) is 0. The predicted octanol–water partition coefficient (Wildman–Crippen LogP) is 2.93. The van der Waals surface area contributed by atoms with Crippen LogP contribution in [-0.2, 0) is 4.74 Å². The molecule has 21 heavy (non-hydrogen) atoms. The van der Waals surface area contributed by atoms with Crippen LogP contribution in [0.5, 0.6) is 0 Å². The Bertz CT molecular complexity index is 612. The van der Waals surface area contributed by atoms with Crippen molar-refractivity contribution in [3.8, 4) is 0 Å². The summed E-state index contributed by atoms with van der Waals surface area (Å²) in [5, 5.41) is 0. The van der Waals surface area contributed by atoms with Crippen LogP contribution in [0.2, 0.25) is 0 Å². The first-order valence-corrected chi connectivity index (χ1v) is 7.64. The lowest BCUT2D eigenvalue weighted by molar-refractivity contribution is 0.0395. The average Bonchev–Trinajstić information content (AvgIpc) is 3.41. The Hall–Kier alpha value is -1.94.